The molecular weight excluding hydrogens is 316 g/mol. The lowest BCUT2D eigenvalue weighted by atomic mass is 10.0. The highest BCUT2D eigenvalue weighted by atomic mass is 28.4. The molecule has 0 aromatic rings. The lowest BCUT2D eigenvalue weighted by Gasteiger charge is -2.44. The summed E-state index contributed by atoms with van der Waals surface area (Å²) in [5, 5.41) is 0. The van der Waals surface area contributed by atoms with Crippen LogP contribution in [0.4, 0.5) is 0 Å². The Morgan fingerprint density at radius 2 is 1.46 bits per heavy atom. The van der Waals surface area contributed by atoms with Crippen LogP contribution in [0.2, 0.25) is 16.6 Å². The molecule has 2 atom stereocenters. The van der Waals surface area contributed by atoms with Gasteiger partial charge >= 0.3 is 5.97 Å². The first-order chi connectivity index (χ1) is 11.1. The summed E-state index contributed by atoms with van der Waals surface area (Å²) in [6.07, 6.45) is 5.63. The van der Waals surface area contributed by atoms with E-state index in [1.54, 1.807) is 6.08 Å². The number of hydrogen-bond acceptors (Lipinski definition) is 3. The molecule has 0 amide bonds. The molecule has 0 aliphatic rings. The molecule has 142 valence electrons. The van der Waals surface area contributed by atoms with E-state index >= 15 is 0 Å². The summed E-state index contributed by atoms with van der Waals surface area (Å²) >= 11 is 0. The van der Waals surface area contributed by atoms with Crippen molar-refractivity contribution < 1.29 is 14.0 Å². The lowest BCUT2D eigenvalue weighted by Crippen LogP contribution is -2.49. The van der Waals surface area contributed by atoms with E-state index in [2.05, 4.69) is 55.4 Å². The monoisotopic (exact) mass is 356 g/mol. The molecule has 0 saturated heterocycles. The van der Waals surface area contributed by atoms with Gasteiger partial charge in [-0.3, -0.25) is 0 Å². The minimum Gasteiger partial charge on any atom is -0.463 e. The molecule has 3 nitrogen and oxygen atoms in total. The van der Waals surface area contributed by atoms with E-state index in [9.17, 15) is 4.79 Å². The van der Waals surface area contributed by atoms with Gasteiger partial charge < -0.3 is 9.16 Å². The van der Waals surface area contributed by atoms with Crippen molar-refractivity contribution in [2.24, 2.45) is 5.92 Å². The van der Waals surface area contributed by atoms with Crippen LogP contribution in [0.3, 0.4) is 0 Å². The van der Waals surface area contributed by atoms with Gasteiger partial charge in [0, 0.05) is 12.2 Å². The van der Waals surface area contributed by atoms with Crippen molar-refractivity contribution >= 4 is 14.3 Å². The maximum Gasteiger partial charge on any atom is 0.330 e. The van der Waals surface area contributed by atoms with Crippen LogP contribution in [0.15, 0.2) is 12.2 Å². The topological polar surface area (TPSA) is 35.5 Å². The summed E-state index contributed by atoms with van der Waals surface area (Å²) in [6, 6.07) is 0. The zero-order valence-electron chi connectivity index (χ0n) is 17.4. The third-order valence-corrected chi connectivity index (χ3v) is 11.2. The minimum absolute atomic E-state index is 0.250. The first-order valence-corrected chi connectivity index (χ1v) is 11.7. The van der Waals surface area contributed by atoms with E-state index in [1.807, 2.05) is 13.0 Å². The maximum absolute atomic E-state index is 11.3. The summed E-state index contributed by atoms with van der Waals surface area (Å²) in [6.45, 7) is 20.6. The molecule has 24 heavy (non-hydrogen) atoms. The van der Waals surface area contributed by atoms with Gasteiger partial charge in [0.1, 0.15) is 0 Å². The fraction of sp³-hybridized carbons (Fsp3) is 0.850. The fourth-order valence-corrected chi connectivity index (χ4v) is 9.66. The molecule has 0 heterocycles. The van der Waals surface area contributed by atoms with Gasteiger partial charge in [-0.25, -0.2) is 4.79 Å². The highest BCUT2D eigenvalue weighted by Gasteiger charge is 2.46. The molecule has 0 unspecified atom stereocenters. The molecule has 0 fully saturated rings. The summed E-state index contributed by atoms with van der Waals surface area (Å²) in [5.41, 5.74) is 1.83. The lowest BCUT2D eigenvalue weighted by molar-refractivity contribution is -0.137. The van der Waals surface area contributed by atoms with Gasteiger partial charge in [-0.15, -0.1) is 0 Å². The Morgan fingerprint density at radius 1 is 0.958 bits per heavy atom. The van der Waals surface area contributed by atoms with Crippen molar-refractivity contribution in [1.29, 1.82) is 0 Å². The van der Waals surface area contributed by atoms with E-state index < -0.39 is 8.32 Å². The Labute approximate surface area is 151 Å². The van der Waals surface area contributed by atoms with Crippen LogP contribution in [0.25, 0.3) is 0 Å². The van der Waals surface area contributed by atoms with Gasteiger partial charge in [0.2, 0.25) is 8.32 Å². The SMILES string of the molecule is CCOC(=O)/C=C/C[C@H](C)C[C@H](C)O[Si](C(C)C)(C(C)C)C(C)C. The molecular formula is C20H40O3Si. The van der Waals surface area contributed by atoms with Crippen LogP contribution < -0.4 is 0 Å². The average molecular weight is 357 g/mol. The molecule has 4 heteroatoms. The third-order valence-electron chi connectivity index (χ3n) is 4.93. The number of carbonyl (C=O) groups excluding carboxylic acids is 1. The van der Waals surface area contributed by atoms with E-state index in [0.29, 0.717) is 29.1 Å². The molecule has 0 radical (unpaired) electrons. The average Bonchev–Trinajstić information content (AvgIpc) is 2.43. The van der Waals surface area contributed by atoms with Gasteiger partial charge in [0.05, 0.1) is 6.61 Å². The summed E-state index contributed by atoms with van der Waals surface area (Å²) in [5.74, 6) is 0.240. The van der Waals surface area contributed by atoms with Gasteiger partial charge in [-0.2, -0.15) is 0 Å². The second-order valence-electron chi connectivity index (χ2n) is 7.98. The first-order valence-electron chi connectivity index (χ1n) is 9.58. The van der Waals surface area contributed by atoms with Crippen LogP contribution in [0, 0.1) is 5.92 Å². The van der Waals surface area contributed by atoms with Gasteiger partial charge in [-0.05, 0) is 49.2 Å². The highest BCUT2D eigenvalue weighted by Crippen LogP contribution is 2.43. The molecule has 0 aliphatic heterocycles. The summed E-state index contributed by atoms with van der Waals surface area (Å²) < 4.78 is 11.7. The first kappa shape index (κ1) is 23.4. The highest BCUT2D eigenvalue weighted by molar-refractivity contribution is 6.77. The van der Waals surface area contributed by atoms with Crippen LogP contribution in [-0.2, 0) is 14.0 Å². The van der Waals surface area contributed by atoms with Gasteiger partial charge in [0.15, 0.2) is 0 Å². The van der Waals surface area contributed by atoms with Crippen LogP contribution in [0.1, 0.15) is 75.2 Å². The van der Waals surface area contributed by atoms with E-state index in [0.717, 1.165) is 12.8 Å². The summed E-state index contributed by atoms with van der Waals surface area (Å²) in [4.78, 5) is 11.3. The van der Waals surface area contributed by atoms with Crippen molar-refractivity contribution in [3.05, 3.63) is 12.2 Å². The molecule has 0 spiro atoms. The Hall–Kier alpha value is -0.613. The van der Waals surface area contributed by atoms with Crippen molar-refractivity contribution in [2.45, 2.75) is 97.9 Å². The normalized spacial score (nSPS) is 15.5. The van der Waals surface area contributed by atoms with E-state index in [-0.39, 0.29) is 12.1 Å². The number of hydrogen-bond donors (Lipinski definition) is 0. The van der Waals surface area contributed by atoms with E-state index in [4.69, 9.17) is 9.16 Å². The van der Waals surface area contributed by atoms with Gasteiger partial charge in [0.25, 0.3) is 0 Å². The molecule has 0 N–H and O–H groups in total. The Morgan fingerprint density at radius 3 is 1.88 bits per heavy atom. The Bertz CT molecular complexity index is 367. The minimum atomic E-state index is -1.81. The number of esters is 1. The van der Waals surface area contributed by atoms with Crippen molar-refractivity contribution in [1.82, 2.24) is 0 Å². The second kappa shape index (κ2) is 11.1. The van der Waals surface area contributed by atoms with Crippen LogP contribution in [-0.4, -0.2) is 27.0 Å². The Balaban J connectivity index is 4.69. The van der Waals surface area contributed by atoms with Crippen molar-refractivity contribution in [2.75, 3.05) is 6.61 Å². The zero-order chi connectivity index (χ0) is 18.9. The molecule has 0 aromatic carbocycles. The van der Waals surface area contributed by atoms with Crippen molar-refractivity contribution in [3.63, 3.8) is 0 Å². The number of rotatable bonds is 11. The Kier molecular flexibility index (Phi) is 10.8. The smallest absolute Gasteiger partial charge is 0.330 e. The fourth-order valence-electron chi connectivity index (χ4n) is 4.05. The quantitative estimate of drug-likeness (QED) is 0.255. The maximum atomic E-state index is 11.3. The van der Waals surface area contributed by atoms with Gasteiger partial charge in [-0.1, -0.05) is 54.5 Å². The predicted molar refractivity (Wildman–Crippen MR) is 106 cm³/mol. The molecule has 0 aliphatic carbocycles. The largest absolute Gasteiger partial charge is 0.463 e. The number of ether oxygens (including phenoxy) is 1. The van der Waals surface area contributed by atoms with Crippen LogP contribution in [0.5, 0.6) is 0 Å². The molecule has 0 rings (SSSR count). The zero-order valence-corrected chi connectivity index (χ0v) is 18.4. The third kappa shape index (κ3) is 7.10. The number of carbonyl (C=O) groups is 1. The predicted octanol–water partition coefficient (Wildman–Crippen LogP) is 6.10. The summed E-state index contributed by atoms with van der Waals surface area (Å²) in [7, 11) is -1.81. The molecule has 0 aromatic heterocycles. The second-order valence-corrected chi connectivity index (χ2v) is 13.4. The van der Waals surface area contributed by atoms with Crippen molar-refractivity contribution in [3.8, 4) is 0 Å². The van der Waals surface area contributed by atoms with Crippen LogP contribution >= 0.6 is 0 Å². The van der Waals surface area contributed by atoms with E-state index in [1.165, 1.54) is 0 Å². The number of allylic oxidation sites excluding steroid dienone is 1. The molecule has 0 bridgehead atoms. The molecule has 0 saturated carbocycles. The standard InChI is InChI=1S/C20H40O3Si/c1-10-22-20(21)13-11-12-18(8)14-19(9)23-24(15(2)3,16(4)5)17(6)7/h11,13,15-19H,10,12,14H2,1-9H3/b13-11+/t18-,19-/m0/s1.